The molecule has 1 N–H and O–H groups in total. The van der Waals surface area contributed by atoms with Crippen LogP contribution in [0.5, 0.6) is 0 Å². The number of aromatic nitrogens is 3. The lowest BCUT2D eigenvalue weighted by atomic mass is 10.2. The predicted molar refractivity (Wildman–Crippen MR) is 132 cm³/mol. The molecule has 1 aliphatic heterocycles. The van der Waals surface area contributed by atoms with Gasteiger partial charge in [0.1, 0.15) is 0 Å². The van der Waals surface area contributed by atoms with Crippen LogP contribution in [0, 0.1) is 0 Å². The van der Waals surface area contributed by atoms with Gasteiger partial charge in [-0.05, 0) is 17.7 Å². The minimum absolute atomic E-state index is 0.0257. The van der Waals surface area contributed by atoms with E-state index in [0.717, 1.165) is 32.8 Å². The van der Waals surface area contributed by atoms with Crippen molar-refractivity contribution in [1.29, 1.82) is 0 Å². The highest BCUT2D eigenvalue weighted by Gasteiger charge is 2.26. The van der Waals surface area contributed by atoms with Crippen LogP contribution < -0.4 is 10.9 Å². The van der Waals surface area contributed by atoms with E-state index in [-0.39, 0.29) is 17.2 Å². The molecular weight excluding hydrogens is 460 g/mol. The smallest absolute Gasteiger partial charge is 0.268 e. The van der Waals surface area contributed by atoms with E-state index in [1.165, 1.54) is 23.1 Å². The van der Waals surface area contributed by atoms with Crippen molar-refractivity contribution in [2.45, 2.75) is 35.2 Å². The van der Waals surface area contributed by atoms with Crippen molar-refractivity contribution in [2.24, 2.45) is 0 Å². The average molecular weight is 481 g/mol. The zero-order valence-electron chi connectivity index (χ0n) is 17.3. The number of amides is 1. The number of rotatable bonds is 6. The lowest BCUT2D eigenvalue weighted by Gasteiger charge is -2.13. The zero-order valence-corrected chi connectivity index (χ0v) is 19.7. The Kier molecular flexibility index (Phi) is 6.03. The molecule has 1 atom stereocenters. The number of fused-ring (bicyclic) bond motifs is 2. The number of carbonyl (C=O) groups excluding carboxylic acids is 1. The summed E-state index contributed by atoms with van der Waals surface area (Å²) in [6.45, 7) is 2.53. The topological polar surface area (TPSA) is 76.9 Å². The van der Waals surface area contributed by atoms with Gasteiger partial charge in [-0.2, -0.15) is 0 Å². The maximum atomic E-state index is 13.2. The second kappa shape index (κ2) is 9.09. The summed E-state index contributed by atoms with van der Waals surface area (Å²) in [5, 5.41) is 4.35. The Morgan fingerprint density at radius 3 is 2.75 bits per heavy atom. The van der Waals surface area contributed by atoms with Crippen molar-refractivity contribution in [1.82, 2.24) is 14.5 Å². The highest BCUT2D eigenvalue weighted by atomic mass is 32.2. The SMILES string of the molecule is C[C@H]1Cc2nc(SCC(=O)Nc3nc4ccccc4s3)n(Cc3ccccc3)c(=O)c2S1. The van der Waals surface area contributed by atoms with Gasteiger partial charge in [0.15, 0.2) is 10.3 Å². The molecule has 162 valence electrons. The minimum Gasteiger partial charge on any atom is -0.301 e. The summed E-state index contributed by atoms with van der Waals surface area (Å²) in [4.78, 5) is 35.8. The van der Waals surface area contributed by atoms with Gasteiger partial charge in [0.25, 0.3) is 5.56 Å². The molecule has 0 radical (unpaired) electrons. The number of nitrogens with zero attached hydrogens (tertiary/aromatic N) is 3. The van der Waals surface area contributed by atoms with Crippen LogP contribution in [-0.4, -0.2) is 31.4 Å². The Labute approximate surface area is 197 Å². The monoisotopic (exact) mass is 480 g/mol. The molecule has 5 rings (SSSR count). The molecule has 9 heteroatoms. The number of carbonyl (C=O) groups is 1. The highest BCUT2D eigenvalue weighted by molar-refractivity contribution is 8.00. The van der Waals surface area contributed by atoms with E-state index in [4.69, 9.17) is 4.98 Å². The van der Waals surface area contributed by atoms with Gasteiger partial charge < -0.3 is 5.32 Å². The Balaban J connectivity index is 1.37. The first kappa shape index (κ1) is 21.2. The van der Waals surface area contributed by atoms with Crippen LogP contribution >= 0.6 is 34.9 Å². The number of nitrogens with one attached hydrogen (secondary N) is 1. The first-order valence-corrected chi connectivity index (χ1v) is 12.9. The normalized spacial score (nSPS) is 15.1. The Morgan fingerprint density at radius 1 is 1.16 bits per heavy atom. The molecule has 2 aromatic carbocycles. The Morgan fingerprint density at radius 2 is 1.94 bits per heavy atom. The van der Waals surface area contributed by atoms with Crippen LogP contribution in [0.4, 0.5) is 5.13 Å². The quantitative estimate of drug-likeness (QED) is 0.319. The fourth-order valence-electron chi connectivity index (χ4n) is 3.56. The lowest BCUT2D eigenvalue weighted by Crippen LogP contribution is -2.26. The van der Waals surface area contributed by atoms with E-state index in [9.17, 15) is 9.59 Å². The van der Waals surface area contributed by atoms with Gasteiger partial charge in [0.05, 0.1) is 33.1 Å². The molecule has 1 amide bonds. The molecule has 0 fully saturated rings. The molecule has 0 saturated heterocycles. The number of thioether (sulfide) groups is 2. The molecule has 1 aliphatic rings. The Hall–Kier alpha value is -2.62. The molecule has 0 aliphatic carbocycles. The molecule has 3 heterocycles. The van der Waals surface area contributed by atoms with Crippen molar-refractivity contribution in [2.75, 3.05) is 11.1 Å². The van der Waals surface area contributed by atoms with E-state index in [1.54, 1.807) is 16.3 Å². The van der Waals surface area contributed by atoms with Gasteiger partial charge in [-0.3, -0.25) is 14.2 Å². The molecule has 6 nitrogen and oxygen atoms in total. The minimum atomic E-state index is -0.169. The average Bonchev–Trinajstić information content (AvgIpc) is 3.37. The Bertz CT molecular complexity index is 1320. The molecule has 0 spiro atoms. The fraction of sp³-hybridized carbons (Fsp3) is 0.217. The number of benzene rings is 2. The van der Waals surface area contributed by atoms with Gasteiger partial charge in [-0.25, -0.2) is 9.97 Å². The molecule has 0 unspecified atom stereocenters. The number of hydrogen-bond donors (Lipinski definition) is 1. The molecule has 0 saturated carbocycles. The summed E-state index contributed by atoms with van der Waals surface area (Å²) in [5.41, 5.74) is 2.70. The van der Waals surface area contributed by atoms with Gasteiger partial charge >= 0.3 is 0 Å². The molecule has 2 aromatic heterocycles. The number of anilines is 1. The standard InChI is InChI=1S/C23H20N4O2S3/c1-14-11-17-20(31-14)21(29)27(12-15-7-3-2-4-8-15)23(25-17)30-13-19(28)26-22-24-16-9-5-6-10-18(16)32-22/h2-10,14H,11-13H2,1H3,(H,24,26,28)/t14-/m0/s1. The van der Waals surface area contributed by atoms with E-state index >= 15 is 0 Å². The third kappa shape index (κ3) is 4.46. The largest absolute Gasteiger partial charge is 0.301 e. The van der Waals surface area contributed by atoms with Crippen LogP contribution in [0.15, 0.2) is 69.4 Å². The van der Waals surface area contributed by atoms with E-state index in [0.29, 0.717) is 22.1 Å². The number of para-hydroxylation sites is 1. The molecular formula is C23H20N4O2S3. The zero-order chi connectivity index (χ0) is 22.1. The summed E-state index contributed by atoms with van der Waals surface area (Å²) in [7, 11) is 0. The summed E-state index contributed by atoms with van der Waals surface area (Å²) in [6.07, 6.45) is 0.771. The third-order valence-electron chi connectivity index (χ3n) is 5.02. The number of hydrogen-bond acceptors (Lipinski definition) is 7. The van der Waals surface area contributed by atoms with Crippen molar-refractivity contribution < 1.29 is 4.79 Å². The molecule has 4 aromatic rings. The maximum Gasteiger partial charge on any atom is 0.268 e. The van der Waals surface area contributed by atoms with Crippen LogP contribution in [0.1, 0.15) is 18.2 Å². The maximum absolute atomic E-state index is 13.2. The van der Waals surface area contributed by atoms with Crippen molar-refractivity contribution in [3.05, 3.63) is 76.2 Å². The third-order valence-corrected chi connectivity index (χ3v) is 8.16. The summed E-state index contributed by atoms with van der Waals surface area (Å²) < 4.78 is 2.72. The van der Waals surface area contributed by atoms with Gasteiger partial charge in [-0.15, -0.1) is 11.8 Å². The summed E-state index contributed by atoms with van der Waals surface area (Å²) >= 11 is 4.32. The van der Waals surface area contributed by atoms with Crippen LogP contribution in [-0.2, 0) is 17.8 Å². The van der Waals surface area contributed by atoms with E-state index in [1.807, 2.05) is 54.6 Å². The summed E-state index contributed by atoms with van der Waals surface area (Å²) in [5.74, 6) is -0.0173. The van der Waals surface area contributed by atoms with E-state index in [2.05, 4.69) is 17.2 Å². The molecule has 32 heavy (non-hydrogen) atoms. The highest BCUT2D eigenvalue weighted by Crippen LogP contribution is 2.34. The second-order valence-electron chi connectivity index (χ2n) is 7.50. The lowest BCUT2D eigenvalue weighted by molar-refractivity contribution is -0.113. The van der Waals surface area contributed by atoms with Crippen LogP contribution in [0.3, 0.4) is 0 Å². The van der Waals surface area contributed by atoms with E-state index < -0.39 is 0 Å². The molecule has 0 bridgehead atoms. The second-order valence-corrected chi connectivity index (χ2v) is 10.9. The number of thiazole rings is 1. The van der Waals surface area contributed by atoms with Gasteiger partial charge in [0, 0.05) is 11.7 Å². The van der Waals surface area contributed by atoms with Crippen molar-refractivity contribution >= 4 is 56.1 Å². The predicted octanol–water partition coefficient (Wildman–Crippen LogP) is 4.67. The summed E-state index contributed by atoms with van der Waals surface area (Å²) in [6, 6.07) is 17.6. The van der Waals surface area contributed by atoms with Gasteiger partial charge in [0.2, 0.25) is 5.91 Å². The first-order valence-electron chi connectivity index (χ1n) is 10.2. The first-order chi connectivity index (χ1) is 15.6. The van der Waals surface area contributed by atoms with Crippen molar-refractivity contribution in [3.63, 3.8) is 0 Å². The fourth-order valence-corrected chi connectivity index (χ4v) is 6.37. The van der Waals surface area contributed by atoms with Crippen molar-refractivity contribution in [3.8, 4) is 0 Å². The van der Waals surface area contributed by atoms with Crippen LogP contribution in [0.2, 0.25) is 0 Å². The van der Waals surface area contributed by atoms with Gasteiger partial charge in [-0.1, -0.05) is 72.5 Å². The van der Waals surface area contributed by atoms with Crippen LogP contribution in [0.25, 0.3) is 10.2 Å².